The number of anilines is 1. The van der Waals surface area contributed by atoms with Crippen LogP contribution < -0.4 is 10.3 Å². The van der Waals surface area contributed by atoms with Crippen LogP contribution in [0.1, 0.15) is 31.8 Å². The molecule has 35 heavy (non-hydrogen) atoms. The second-order valence-electron chi connectivity index (χ2n) is 8.14. The smallest absolute Gasteiger partial charge is 0.271 e. The summed E-state index contributed by atoms with van der Waals surface area (Å²) >= 11 is 0. The van der Waals surface area contributed by atoms with Crippen LogP contribution in [0.4, 0.5) is 5.69 Å². The van der Waals surface area contributed by atoms with Crippen molar-refractivity contribution in [3.63, 3.8) is 0 Å². The number of rotatable bonds is 6. The van der Waals surface area contributed by atoms with Gasteiger partial charge >= 0.3 is 0 Å². The molecule has 0 radical (unpaired) electrons. The molecule has 0 unspecified atom stereocenters. The van der Waals surface area contributed by atoms with Gasteiger partial charge in [-0.1, -0.05) is 24.3 Å². The van der Waals surface area contributed by atoms with E-state index in [9.17, 15) is 14.7 Å². The number of phenolic OH excluding ortho intramolecular Hbond substituents is 1. The van der Waals surface area contributed by atoms with Crippen molar-refractivity contribution < 1.29 is 14.7 Å². The molecule has 0 atom stereocenters. The number of hydrogen-bond donors (Lipinski definition) is 2. The van der Waals surface area contributed by atoms with Crippen molar-refractivity contribution in [3.05, 3.63) is 95.2 Å². The minimum Gasteiger partial charge on any atom is -0.507 e. The van der Waals surface area contributed by atoms with E-state index < -0.39 is 5.91 Å². The Morgan fingerprint density at radius 2 is 1.89 bits per heavy atom. The summed E-state index contributed by atoms with van der Waals surface area (Å²) in [5, 5.41) is 23.4. The fraction of sp³-hybridized carbons (Fsp3) is 0.111. The Kier molecular flexibility index (Phi) is 6.60. The number of carbonyl (C=O) groups excluding carboxylic acids is 2. The lowest BCUT2D eigenvalue weighted by Crippen LogP contribution is -2.17. The molecule has 4 aromatic rings. The zero-order valence-electron chi connectivity index (χ0n) is 19.3. The van der Waals surface area contributed by atoms with Crippen molar-refractivity contribution in [3.8, 4) is 11.8 Å². The highest BCUT2D eigenvalue weighted by Gasteiger charge is 2.12. The van der Waals surface area contributed by atoms with Gasteiger partial charge in [-0.15, -0.1) is 0 Å². The zero-order valence-corrected chi connectivity index (χ0v) is 19.3. The van der Waals surface area contributed by atoms with E-state index in [4.69, 9.17) is 5.26 Å². The third-order valence-corrected chi connectivity index (χ3v) is 5.59. The van der Waals surface area contributed by atoms with Gasteiger partial charge in [0.25, 0.3) is 5.91 Å². The van der Waals surface area contributed by atoms with Crippen LogP contribution in [0.25, 0.3) is 10.9 Å². The van der Waals surface area contributed by atoms with E-state index >= 15 is 0 Å². The maximum atomic E-state index is 13.0. The summed E-state index contributed by atoms with van der Waals surface area (Å²) in [5.41, 5.74) is 6.09. The second kappa shape index (κ2) is 9.93. The summed E-state index contributed by atoms with van der Waals surface area (Å²) in [6.07, 6.45) is 3.50. The lowest BCUT2D eigenvalue weighted by atomic mass is 10.1. The molecule has 0 aliphatic heterocycles. The van der Waals surface area contributed by atoms with E-state index in [1.807, 2.05) is 73.6 Å². The summed E-state index contributed by atoms with van der Waals surface area (Å²) in [6.45, 7) is 0. The van der Waals surface area contributed by atoms with Crippen molar-refractivity contribution in [2.45, 2.75) is 6.42 Å². The van der Waals surface area contributed by atoms with E-state index in [2.05, 4.69) is 10.5 Å². The summed E-state index contributed by atoms with van der Waals surface area (Å²) < 4.78 is 1.62. The Hall–Kier alpha value is -4.90. The molecule has 0 fully saturated rings. The van der Waals surface area contributed by atoms with E-state index in [0.29, 0.717) is 0 Å². The van der Waals surface area contributed by atoms with Gasteiger partial charge in [0.05, 0.1) is 23.7 Å². The van der Waals surface area contributed by atoms with Gasteiger partial charge in [-0.2, -0.15) is 10.4 Å². The molecule has 1 heterocycles. The highest BCUT2D eigenvalue weighted by molar-refractivity contribution is 6.03. The van der Waals surface area contributed by atoms with Gasteiger partial charge in [0.1, 0.15) is 11.8 Å². The van der Waals surface area contributed by atoms with Gasteiger partial charge in [-0.05, 0) is 48.0 Å². The highest BCUT2D eigenvalue weighted by atomic mass is 16.3. The number of fused-ring (bicyclic) bond motifs is 1. The molecule has 0 saturated heterocycles. The first-order chi connectivity index (χ1) is 16.9. The highest BCUT2D eigenvalue weighted by Crippen LogP contribution is 2.21. The maximum absolute atomic E-state index is 13.0. The molecule has 1 aromatic heterocycles. The number of amides is 1. The third-order valence-electron chi connectivity index (χ3n) is 5.59. The summed E-state index contributed by atoms with van der Waals surface area (Å²) in [5.74, 6) is -0.762. The molecule has 2 N–H and O–H groups in total. The van der Waals surface area contributed by atoms with E-state index in [-0.39, 0.29) is 29.2 Å². The van der Waals surface area contributed by atoms with Crippen LogP contribution in [0.15, 0.2) is 78.0 Å². The summed E-state index contributed by atoms with van der Waals surface area (Å²) in [6, 6.07) is 21.0. The molecule has 3 aromatic carbocycles. The number of carbonyl (C=O) groups is 2. The van der Waals surface area contributed by atoms with Crippen LogP contribution in [-0.2, 0) is 6.42 Å². The molecule has 1 amide bonds. The Labute approximate surface area is 202 Å². The van der Waals surface area contributed by atoms with Crippen LogP contribution in [0.3, 0.4) is 0 Å². The predicted molar refractivity (Wildman–Crippen MR) is 135 cm³/mol. The van der Waals surface area contributed by atoms with Gasteiger partial charge in [-0.25, -0.2) is 5.43 Å². The molecule has 8 nitrogen and oxygen atoms in total. The topological polar surface area (TPSA) is 111 Å². The normalized spacial score (nSPS) is 10.9. The molecule has 4 rings (SSSR count). The van der Waals surface area contributed by atoms with Gasteiger partial charge in [0.2, 0.25) is 5.91 Å². The standard InChI is InChI=1S/C27H23N5O3/c1-31(2)22-9-6-18(7-10-22)14-26(34)32-13-12-23-20(4-3-5-24(23)32)17-29-30-27(35)19-8-11-25(33)21(15-19)16-28/h3-13,15,17,33H,14H2,1-2H3,(H,30,35). The summed E-state index contributed by atoms with van der Waals surface area (Å²) in [7, 11) is 3.94. The summed E-state index contributed by atoms with van der Waals surface area (Å²) in [4.78, 5) is 27.3. The van der Waals surface area contributed by atoms with Crippen molar-refractivity contribution in [1.29, 1.82) is 5.26 Å². The number of phenols is 1. The third kappa shape index (κ3) is 5.04. The number of benzene rings is 3. The molecule has 0 aliphatic rings. The molecule has 0 bridgehead atoms. The Balaban J connectivity index is 1.49. The minimum atomic E-state index is -0.516. The molecule has 0 spiro atoms. The van der Waals surface area contributed by atoms with Crippen molar-refractivity contribution in [2.24, 2.45) is 5.10 Å². The lowest BCUT2D eigenvalue weighted by Gasteiger charge is -2.12. The maximum Gasteiger partial charge on any atom is 0.271 e. The number of nitriles is 1. The molecular weight excluding hydrogens is 442 g/mol. The Morgan fingerprint density at radius 3 is 2.60 bits per heavy atom. The molecule has 174 valence electrons. The van der Waals surface area contributed by atoms with E-state index in [0.717, 1.165) is 27.7 Å². The SMILES string of the molecule is CN(C)c1ccc(CC(=O)n2ccc3c(C=NNC(=O)c4ccc(O)c(C#N)c4)cccc32)cc1. The van der Waals surface area contributed by atoms with E-state index in [1.54, 1.807) is 10.8 Å². The van der Waals surface area contributed by atoms with Crippen LogP contribution >= 0.6 is 0 Å². The fourth-order valence-electron chi connectivity index (χ4n) is 3.69. The number of nitrogens with one attached hydrogen (secondary N) is 1. The predicted octanol–water partition coefficient (Wildman–Crippen LogP) is 3.93. The molecule has 0 saturated carbocycles. The number of aromatic nitrogens is 1. The monoisotopic (exact) mass is 465 g/mol. The van der Waals surface area contributed by atoms with Gasteiger partial charge in [0, 0.05) is 42.5 Å². The zero-order chi connectivity index (χ0) is 24.9. The average Bonchev–Trinajstić information content (AvgIpc) is 3.30. The van der Waals surface area contributed by atoms with Crippen molar-refractivity contribution >= 4 is 34.6 Å². The number of hydrazone groups is 1. The van der Waals surface area contributed by atoms with Crippen LogP contribution in [0.5, 0.6) is 5.75 Å². The van der Waals surface area contributed by atoms with Gasteiger partial charge in [-0.3, -0.25) is 14.2 Å². The number of hydrogen-bond acceptors (Lipinski definition) is 6. The van der Waals surface area contributed by atoms with Crippen LogP contribution in [0.2, 0.25) is 0 Å². The second-order valence-corrected chi connectivity index (χ2v) is 8.14. The minimum absolute atomic E-state index is 0.00560. The quantitative estimate of drug-likeness (QED) is 0.331. The largest absolute Gasteiger partial charge is 0.507 e. The number of aromatic hydroxyl groups is 1. The molecule has 0 aliphatic carbocycles. The molecular formula is C27H23N5O3. The van der Waals surface area contributed by atoms with Gasteiger partial charge < -0.3 is 10.0 Å². The first-order valence-corrected chi connectivity index (χ1v) is 10.8. The average molecular weight is 466 g/mol. The van der Waals surface area contributed by atoms with Gasteiger partial charge in [0.15, 0.2) is 0 Å². The first-order valence-electron chi connectivity index (χ1n) is 10.8. The van der Waals surface area contributed by atoms with E-state index in [1.165, 1.54) is 24.4 Å². The fourth-order valence-corrected chi connectivity index (χ4v) is 3.69. The number of nitrogens with zero attached hydrogens (tertiary/aromatic N) is 4. The lowest BCUT2D eigenvalue weighted by molar-refractivity contribution is 0.0917. The van der Waals surface area contributed by atoms with Crippen LogP contribution in [-0.4, -0.2) is 41.8 Å². The first kappa shape index (κ1) is 23.3. The van der Waals surface area contributed by atoms with Crippen molar-refractivity contribution in [1.82, 2.24) is 9.99 Å². The van der Waals surface area contributed by atoms with Crippen LogP contribution in [0, 0.1) is 11.3 Å². The van der Waals surface area contributed by atoms with Crippen molar-refractivity contribution in [2.75, 3.05) is 19.0 Å². The Bertz CT molecular complexity index is 1480. The Morgan fingerprint density at radius 1 is 1.11 bits per heavy atom. The molecule has 8 heteroatoms.